The van der Waals surface area contributed by atoms with Gasteiger partial charge in [-0.15, -0.1) is 0 Å². The van der Waals surface area contributed by atoms with Gasteiger partial charge in [-0.2, -0.15) is 4.98 Å². The molecule has 3 aromatic carbocycles. The summed E-state index contributed by atoms with van der Waals surface area (Å²) >= 11 is 5.63. The zero-order chi connectivity index (χ0) is 23.7. The summed E-state index contributed by atoms with van der Waals surface area (Å²) in [6.07, 6.45) is 0.908. The second kappa shape index (κ2) is 9.44. The van der Waals surface area contributed by atoms with Gasteiger partial charge >= 0.3 is 0 Å². The van der Waals surface area contributed by atoms with Crippen molar-refractivity contribution in [3.8, 4) is 22.9 Å². The molecule has 0 aliphatic carbocycles. The average Bonchev–Trinajstić information content (AvgIpc) is 3.23. The van der Waals surface area contributed by atoms with Crippen LogP contribution in [-0.2, 0) is 13.1 Å². The summed E-state index contributed by atoms with van der Waals surface area (Å²) in [6, 6.07) is 23.1. The Labute approximate surface area is 204 Å². The predicted octanol–water partition coefficient (Wildman–Crippen LogP) is 5.54. The maximum Gasteiger partial charge on any atom is 0.217 e. The van der Waals surface area contributed by atoms with Crippen molar-refractivity contribution < 1.29 is 9.47 Å². The molecule has 1 aromatic heterocycles. The Kier molecular flexibility index (Phi) is 6.22. The number of nitrogens with zero attached hydrogens (tertiary/aromatic N) is 3. The normalized spacial score (nSPS) is 15.7. The summed E-state index contributed by atoms with van der Waals surface area (Å²) in [5.74, 6) is 2.29. The fourth-order valence-electron chi connectivity index (χ4n) is 4.65. The van der Waals surface area contributed by atoms with Gasteiger partial charge in [0.25, 0.3) is 0 Å². The van der Waals surface area contributed by atoms with Crippen LogP contribution in [0.2, 0.25) is 0 Å². The van der Waals surface area contributed by atoms with Crippen molar-refractivity contribution in [2.45, 2.75) is 26.1 Å². The van der Waals surface area contributed by atoms with E-state index in [-0.39, 0.29) is 6.04 Å². The second-order valence-electron chi connectivity index (χ2n) is 8.57. The third-order valence-electron chi connectivity index (χ3n) is 6.42. The van der Waals surface area contributed by atoms with Crippen LogP contribution in [0, 0.1) is 11.7 Å². The van der Waals surface area contributed by atoms with Gasteiger partial charge in [0.2, 0.25) is 4.77 Å². The minimum atomic E-state index is 0.0535. The SMILES string of the molecule is COc1cc2c(cc1OC)[C@@H](c1ccccc1)N(Cn1[nH]c(-c3ccc(C)cc3)nc1=S)CC2. The summed E-state index contributed by atoms with van der Waals surface area (Å²) in [5.41, 5.74) is 5.96. The minimum Gasteiger partial charge on any atom is -0.493 e. The molecule has 0 spiro atoms. The van der Waals surface area contributed by atoms with E-state index in [1.165, 1.54) is 22.3 Å². The molecule has 0 saturated carbocycles. The van der Waals surface area contributed by atoms with E-state index in [4.69, 9.17) is 21.7 Å². The lowest BCUT2D eigenvalue weighted by Crippen LogP contribution is -2.37. The highest BCUT2D eigenvalue weighted by Crippen LogP contribution is 2.41. The highest BCUT2D eigenvalue weighted by molar-refractivity contribution is 7.71. The predicted molar refractivity (Wildman–Crippen MR) is 136 cm³/mol. The number of nitrogens with one attached hydrogen (secondary N) is 1. The molecular weight excluding hydrogens is 444 g/mol. The number of H-pyrrole nitrogens is 1. The van der Waals surface area contributed by atoms with Crippen LogP contribution in [-0.4, -0.2) is 40.4 Å². The molecule has 0 saturated heterocycles. The van der Waals surface area contributed by atoms with E-state index in [0.29, 0.717) is 11.4 Å². The van der Waals surface area contributed by atoms with Gasteiger partial charge in [0, 0.05) is 12.1 Å². The Morgan fingerprint density at radius 2 is 1.71 bits per heavy atom. The van der Waals surface area contributed by atoms with Gasteiger partial charge in [-0.1, -0.05) is 60.2 Å². The van der Waals surface area contributed by atoms with Gasteiger partial charge in [-0.05, 0) is 54.4 Å². The van der Waals surface area contributed by atoms with E-state index in [1.54, 1.807) is 14.2 Å². The molecule has 34 heavy (non-hydrogen) atoms. The third-order valence-corrected chi connectivity index (χ3v) is 6.73. The lowest BCUT2D eigenvalue weighted by molar-refractivity contribution is 0.155. The van der Waals surface area contributed by atoms with E-state index in [1.807, 2.05) is 10.7 Å². The molecule has 0 unspecified atom stereocenters. The molecule has 1 N–H and O–H groups in total. The van der Waals surface area contributed by atoms with Crippen LogP contribution in [0.5, 0.6) is 11.5 Å². The highest BCUT2D eigenvalue weighted by atomic mass is 32.1. The molecule has 6 nitrogen and oxygen atoms in total. The second-order valence-corrected chi connectivity index (χ2v) is 8.94. The van der Waals surface area contributed by atoms with Gasteiger partial charge < -0.3 is 9.47 Å². The zero-order valence-corrected chi connectivity index (χ0v) is 20.4. The van der Waals surface area contributed by atoms with Gasteiger partial charge in [0.05, 0.1) is 26.9 Å². The quantitative estimate of drug-likeness (QED) is 0.374. The first-order valence-corrected chi connectivity index (χ1v) is 11.8. The van der Waals surface area contributed by atoms with Crippen molar-refractivity contribution in [2.75, 3.05) is 20.8 Å². The van der Waals surface area contributed by atoms with Crippen LogP contribution in [0.15, 0.2) is 66.7 Å². The van der Waals surface area contributed by atoms with E-state index in [0.717, 1.165) is 35.9 Å². The fourth-order valence-corrected chi connectivity index (χ4v) is 4.85. The van der Waals surface area contributed by atoms with E-state index in [2.05, 4.69) is 82.6 Å². The molecule has 0 fully saturated rings. The number of methoxy groups -OCH3 is 2. The third kappa shape index (κ3) is 4.24. The monoisotopic (exact) mass is 472 g/mol. The van der Waals surface area contributed by atoms with E-state index < -0.39 is 0 Å². The van der Waals surface area contributed by atoms with Crippen LogP contribution in [0.25, 0.3) is 11.4 Å². The van der Waals surface area contributed by atoms with Gasteiger partial charge in [-0.25, -0.2) is 4.68 Å². The first kappa shape index (κ1) is 22.4. The van der Waals surface area contributed by atoms with Gasteiger partial charge in [0.1, 0.15) is 0 Å². The molecular formula is C27H28N4O2S. The minimum absolute atomic E-state index is 0.0535. The topological polar surface area (TPSA) is 55.3 Å². The molecule has 1 atom stereocenters. The lowest BCUT2D eigenvalue weighted by atomic mass is 9.88. The van der Waals surface area contributed by atoms with Gasteiger partial charge in [-0.3, -0.25) is 10.00 Å². The Morgan fingerprint density at radius 1 is 1.00 bits per heavy atom. The number of fused-ring (bicyclic) bond motifs is 1. The van der Waals surface area contributed by atoms with Crippen LogP contribution < -0.4 is 9.47 Å². The largest absolute Gasteiger partial charge is 0.493 e. The number of aromatic nitrogens is 3. The van der Waals surface area contributed by atoms with Crippen molar-refractivity contribution in [1.29, 1.82) is 0 Å². The van der Waals surface area contributed by atoms with E-state index >= 15 is 0 Å². The number of aryl methyl sites for hydroxylation is 1. The van der Waals surface area contributed by atoms with E-state index in [9.17, 15) is 0 Å². The van der Waals surface area contributed by atoms with Crippen LogP contribution in [0.4, 0.5) is 0 Å². The molecule has 7 heteroatoms. The van der Waals surface area contributed by atoms with Crippen molar-refractivity contribution in [2.24, 2.45) is 0 Å². The Bertz CT molecular complexity index is 1350. The molecule has 2 heterocycles. The number of hydrogen-bond acceptors (Lipinski definition) is 5. The number of benzene rings is 3. The Balaban J connectivity index is 1.53. The Hall–Kier alpha value is -3.42. The number of rotatable bonds is 6. The number of aromatic amines is 1. The average molecular weight is 473 g/mol. The summed E-state index contributed by atoms with van der Waals surface area (Å²) in [5, 5.41) is 3.42. The summed E-state index contributed by atoms with van der Waals surface area (Å²) in [6.45, 7) is 3.56. The number of hydrogen-bond donors (Lipinski definition) is 1. The van der Waals surface area contributed by atoms with Crippen molar-refractivity contribution in [3.05, 3.63) is 93.8 Å². The first-order chi connectivity index (χ1) is 16.6. The molecule has 0 bridgehead atoms. The summed E-state index contributed by atoms with van der Waals surface area (Å²) < 4.78 is 13.7. The molecule has 174 valence electrons. The maximum absolute atomic E-state index is 5.64. The molecule has 1 aliphatic heterocycles. The maximum atomic E-state index is 5.64. The molecule has 0 amide bonds. The lowest BCUT2D eigenvalue weighted by Gasteiger charge is -2.38. The molecule has 0 radical (unpaired) electrons. The van der Waals surface area contributed by atoms with Crippen molar-refractivity contribution in [3.63, 3.8) is 0 Å². The van der Waals surface area contributed by atoms with Crippen LogP contribution in [0.3, 0.4) is 0 Å². The van der Waals surface area contributed by atoms with Gasteiger partial charge in [0.15, 0.2) is 17.3 Å². The number of ether oxygens (including phenoxy) is 2. The van der Waals surface area contributed by atoms with Crippen molar-refractivity contribution in [1.82, 2.24) is 19.7 Å². The zero-order valence-electron chi connectivity index (χ0n) is 19.6. The molecule has 5 rings (SSSR count). The summed E-state index contributed by atoms with van der Waals surface area (Å²) in [7, 11) is 3.36. The Morgan fingerprint density at radius 3 is 2.41 bits per heavy atom. The van der Waals surface area contributed by atoms with Crippen molar-refractivity contribution >= 4 is 12.2 Å². The standard InChI is InChI=1S/C27H28N4O2S/c1-18-9-11-20(12-10-18)26-28-27(34)31(29-26)17-30-14-13-21-15-23(32-2)24(33-3)16-22(21)25(30)19-7-5-4-6-8-19/h4-12,15-16,25H,13-14,17H2,1-3H3,(H,28,29,34)/t25-/m1/s1. The summed E-state index contributed by atoms with van der Waals surface area (Å²) in [4.78, 5) is 7.05. The highest BCUT2D eigenvalue weighted by Gasteiger charge is 2.31. The van der Waals surface area contributed by atoms with Crippen LogP contribution >= 0.6 is 12.2 Å². The fraction of sp³-hybridized carbons (Fsp3) is 0.259. The van der Waals surface area contributed by atoms with Crippen LogP contribution in [0.1, 0.15) is 28.3 Å². The molecule has 4 aromatic rings. The first-order valence-electron chi connectivity index (χ1n) is 11.3. The smallest absolute Gasteiger partial charge is 0.217 e. The molecule has 1 aliphatic rings.